The third-order valence-electron chi connectivity index (χ3n) is 4.57. The van der Waals surface area contributed by atoms with Gasteiger partial charge >= 0.3 is 0 Å². The largest absolute Gasteiger partial charge is 0.492 e. The maximum atomic E-state index is 13.2. The molecule has 0 amide bonds. The first kappa shape index (κ1) is 22.4. The summed E-state index contributed by atoms with van der Waals surface area (Å²) in [6.07, 6.45) is 2.38. The summed E-state index contributed by atoms with van der Waals surface area (Å²) in [5, 5.41) is 6.61. The van der Waals surface area contributed by atoms with Crippen LogP contribution in [0.4, 0.5) is 8.78 Å². The number of hydrogen-bond acceptors (Lipinski definition) is 4. The summed E-state index contributed by atoms with van der Waals surface area (Å²) in [5.74, 6) is -0.772. The van der Waals surface area contributed by atoms with Crippen LogP contribution < -0.4 is 15.4 Å². The minimum atomic E-state index is -0.912. The predicted octanol–water partition coefficient (Wildman–Crippen LogP) is 2.40. The summed E-state index contributed by atoms with van der Waals surface area (Å²) >= 11 is 0. The molecule has 1 aromatic carbocycles. The van der Waals surface area contributed by atoms with E-state index < -0.39 is 11.6 Å². The van der Waals surface area contributed by atoms with E-state index in [4.69, 9.17) is 9.47 Å². The average Bonchev–Trinajstić information content (AvgIpc) is 2.68. The van der Waals surface area contributed by atoms with Gasteiger partial charge in [0.1, 0.15) is 12.4 Å². The molecule has 2 rings (SSSR count). The van der Waals surface area contributed by atoms with Gasteiger partial charge in [-0.1, -0.05) is 0 Å². The van der Waals surface area contributed by atoms with Crippen LogP contribution in [0, 0.1) is 11.6 Å². The first-order valence-corrected chi connectivity index (χ1v) is 9.87. The number of benzene rings is 1. The van der Waals surface area contributed by atoms with Crippen LogP contribution in [0.1, 0.15) is 26.7 Å². The van der Waals surface area contributed by atoms with Crippen molar-refractivity contribution in [2.75, 3.05) is 46.4 Å². The van der Waals surface area contributed by atoms with Gasteiger partial charge in [0, 0.05) is 38.8 Å². The zero-order valence-corrected chi connectivity index (χ0v) is 17.0. The molecule has 0 aromatic heterocycles. The van der Waals surface area contributed by atoms with E-state index in [0.29, 0.717) is 24.9 Å². The van der Waals surface area contributed by atoms with Crippen molar-refractivity contribution in [2.24, 2.45) is 4.99 Å². The van der Waals surface area contributed by atoms with E-state index in [1.807, 2.05) is 0 Å². The van der Waals surface area contributed by atoms with Crippen molar-refractivity contribution in [1.82, 2.24) is 15.5 Å². The lowest BCUT2D eigenvalue weighted by Crippen LogP contribution is -2.49. The molecule has 0 aliphatic carbocycles. The molecule has 1 saturated heterocycles. The van der Waals surface area contributed by atoms with Gasteiger partial charge in [0.25, 0.3) is 0 Å². The molecule has 1 aromatic rings. The number of piperidine rings is 1. The van der Waals surface area contributed by atoms with E-state index in [1.165, 1.54) is 6.07 Å². The summed E-state index contributed by atoms with van der Waals surface area (Å²) in [4.78, 5) is 6.66. The molecule has 0 radical (unpaired) electrons. The van der Waals surface area contributed by atoms with Crippen molar-refractivity contribution in [1.29, 1.82) is 0 Å². The van der Waals surface area contributed by atoms with Crippen LogP contribution in [-0.4, -0.2) is 69.4 Å². The lowest BCUT2D eigenvalue weighted by Gasteiger charge is -2.33. The maximum Gasteiger partial charge on any atom is 0.191 e. The number of nitrogens with one attached hydrogen (secondary N) is 2. The van der Waals surface area contributed by atoms with Crippen molar-refractivity contribution >= 4 is 5.96 Å². The van der Waals surface area contributed by atoms with Crippen LogP contribution in [0.3, 0.4) is 0 Å². The Bertz CT molecular complexity index is 620. The summed E-state index contributed by atoms with van der Waals surface area (Å²) in [6, 6.07) is 3.88. The molecule has 8 heteroatoms. The first-order valence-electron chi connectivity index (χ1n) is 9.87. The van der Waals surface area contributed by atoms with Gasteiger partial charge < -0.3 is 25.0 Å². The van der Waals surface area contributed by atoms with Crippen LogP contribution in [0.2, 0.25) is 0 Å². The predicted molar refractivity (Wildman–Crippen MR) is 107 cm³/mol. The summed E-state index contributed by atoms with van der Waals surface area (Å²) in [5.41, 5.74) is 0. The average molecular weight is 398 g/mol. The Morgan fingerprint density at radius 3 is 2.61 bits per heavy atom. The molecule has 28 heavy (non-hydrogen) atoms. The Morgan fingerprint density at radius 2 is 1.96 bits per heavy atom. The van der Waals surface area contributed by atoms with Crippen molar-refractivity contribution in [3.63, 3.8) is 0 Å². The number of likely N-dealkylation sites (tertiary alicyclic amines) is 1. The van der Waals surface area contributed by atoms with Crippen molar-refractivity contribution in [3.8, 4) is 5.75 Å². The van der Waals surface area contributed by atoms with Crippen LogP contribution in [0.15, 0.2) is 23.2 Å². The van der Waals surface area contributed by atoms with E-state index in [9.17, 15) is 8.78 Å². The summed E-state index contributed by atoms with van der Waals surface area (Å²) in [7, 11) is 1.73. The van der Waals surface area contributed by atoms with Gasteiger partial charge in [-0.3, -0.25) is 4.99 Å². The Kier molecular flexibility index (Phi) is 9.43. The minimum absolute atomic E-state index is 0.277. The highest BCUT2D eigenvalue weighted by atomic mass is 19.2. The van der Waals surface area contributed by atoms with E-state index in [2.05, 4.69) is 34.4 Å². The van der Waals surface area contributed by atoms with Gasteiger partial charge in [-0.15, -0.1) is 0 Å². The molecule has 0 spiro atoms. The Hall–Kier alpha value is -1.93. The highest BCUT2D eigenvalue weighted by Gasteiger charge is 2.19. The number of aliphatic imine (C=N–C) groups is 1. The van der Waals surface area contributed by atoms with Crippen LogP contribution in [0.5, 0.6) is 5.75 Å². The molecule has 0 unspecified atom stereocenters. The summed E-state index contributed by atoms with van der Waals surface area (Å²) in [6.45, 7) is 8.75. The molecule has 0 saturated carbocycles. The standard InChI is InChI=1S/C20H32F2N4O2/c1-15(2)27-13-11-26-9-6-16(7-10-26)25-20(23-3)24-8-12-28-17-4-5-18(21)19(22)14-17/h4-5,14-16H,6-13H2,1-3H3,(H2,23,24,25). The molecular formula is C20H32F2N4O2. The van der Waals surface area contributed by atoms with Crippen LogP contribution >= 0.6 is 0 Å². The van der Waals surface area contributed by atoms with E-state index in [-0.39, 0.29) is 6.10 Å². The van der Waals surface area contributed by atoms with Gasteiger partial charge in [-0.25, -0.2) is 8.78 Å². The number of rotatable bonds is 9. The van der Waals surface area contributed by atoms with E-state index in [0.717, 1.165) is 57.2 Å². The Labute approximate surface area is 166 Å². The second-order valence-corrected chi connectivity index (χ2v) is 7.10. The minimum Gasteiger partial charge on any atom is -0.492 e. The quantitative estimate of drug-likeness (QED) is 0.380. The normalized spacial score (nSPS) is 16.4. The molecule has 1 aliphatic heterocycles. The fourth-order valence-electron chi connectivity index (χ4n) is 3.01. The van der Waals surface area contributed by atoms with Crippen molar-refractivity contribution < 1.29 is 18.3 Å². The molecule has 158 valence electrons. The number of hydrogen-bond donors (Lipinski definition) is 2. The second kappa shape index (κ2) is 11.8. The van der Waals surface area contributed by atoms with E-state index in [1.54, 1.807) is 7.05 Å². The number of ether oxygens (including phenoxy) is 2. The molecule has 1 heterocycles. The summed E-state index contributed by atoms with van der Waals surface area (Å²) < 4.78 is 37.1. The van der Waals surface area contributed by atoms with Gasteiger partial charge in [0.15, 0.2) is 17.6 Å². The van der Waals surface area contributed by atoms with Crippen LogP contribution in [-0.2, 0) is 4.74 Å². The number of nitrogens with zero attached hydrogens (tertiary/aromatic N) is 2. The number of guanidine groups is 1. The van der Waals surface area contributed by atoms with Crippen LogP contribution in [0.25, 0.3) is 0 Å². The maximum absolute atomic E-state index is 13.2. The lowest BCUT2D eigenvalue weighted by atomic mass is 10.1. The monoisotopic (exact) mass is 398 g/mol. The van der Waals surface area contributed by atoms with Crippen molar-refractivity contribution in [3.05, 3.63) is 29.8 Å². The zero-order chi connectivity index (χ0) is 20.4. The van der Waals surface area contributed by atoms with E-state index >= 15 is 0 Å². The lowest BCUT2D eigenvalue weighted by molar-refractivity contribution is 0.0532. The highest BCUT2D eigenvalue weighted by molar-refractivity contribution is 5.79. The molecule has 6 nitrogen and oxygen atoms in total. The fraction of sp³-hybridized carbons (Fsp3) is 0.650. The fourth-order valence-corrected chi connectivity index (χ4v) is 3.01. The topological polar surface area (TPSA) is 58.1 Å². The van der Waals surface area contributed by atoms with Crippen molar-refractivity contribution in [2.45, 2.75) is 38.8 Å². The third kappa shape index (κ3) is 7.98. The van der Waals surface area contributed by atoms with Gasteiger partial charge in [0.2, 0.25) is 0 Å². The second-order valence-electron chi connectivity index (χ2n) is 7.10. The molecular weight excluding hydrogens is 366 g/mol. The molecule has 0 bridgehead atoms. The molecule has 2 N–H and O–H groups in total. The SMILES string of the molecule is CN=C(NCCOc1ccc(F)c(F)c1)NC1CCN(CCOC(C)C)CC1. The molecule has 0 atom stereocenters. The number of halogens is 2. The Balaban J connectivity index is 1.61. The zero-order valence-electron chi connectivity index (χ0n) is 17.0. The van der Waals surface area contributed by atoms with Gasteiger partial charge in [-0.05, 0) is 38.8 Å². The highest BCUT2D eigenvalue weighted by Crippen LogP contribution is 2.15. The Morgan fingerprint density at radius 1 is 1.21 bits per heavy atom. The van der Waals surface area contributed by atoms with Gasteiger partial charge in [-0.2, -0.15) is 0 Å². The molecule has 1 aliphatic rings. The molecule has 1 fully saturated rings. The first-order chi connectivity index (χ1) is 13.5. The van der Waals surface area contributed by atoms with Gasteiger partial charge in [0.05, 0.1) is 19.3 Å². The third-order valence-corrected chi connectivity index (χ3v) is 4.57. The smallest absolute Gasteiger partial charge is 0.191 e.